The van der Waals surface area contributed by atoms with Crippen LogP contribution in [0.5, 0.6) is 5.75 Å². The predicted octanol–water partition coefficient (Wildman–Crippen LogP) is 3.49. The molecule has 0 aliphatic rings. The lowest BCUT2D eigenvalue weighted by Gasteiger charge is -2.28. The van der Waals surface area contributed by atoms with Crippen LogP contribution in [0.4, 0.5) is 0 Å². The van der Waals surface area contributed by atoms with Crippen LogP contribution >= 0.6 is 0 Å². The summed E-state index contributed by atoms with van der Waals surface area (Å²) in [5.74, 6) is 0.927. The third kappa shape index (κ3) is 3.01. The molecule has 0 amide bonds. The average Bonchev–Trinajstić information content (AvgIpc) is 2.14. The van der Waals surface area contributed by atoms with E-state index in [4.69, 9.17) is 10.5 Å². The van der Waals surface area contributed by atoms with E-state index in [9.17, 15) is 0 Å². The molecule has 2 N–H and O–H groups in total. The van der Waals surface area contributed by atoms with Crippen LogP contribution in [-0.4, -0.2) is 7.11 Å². The van der Waals surface area contributed by atoms with Crippen LogP contribution in [0.2, 0.25) is 0 Å². The first-order valence-corrected chi connectivity index (χ1v) is 6.06. The minimum atomic E-state index is -0.340. The van der Waals surface area contributed by atoms with Crippen molar-refractivity contribution in [1.82, 2.24) is 0 Å². The molecule has 0 saturated carbocycles. The van der Waals surface area contributed by atoms with Crippen molar-refractivity contribution in [3.05, 3.63) is 28.8 Å². The first kappa shape index (κ1) is 14.0. The van der Waals surface area contributed by atoms with Crippen molar-refractivity contribution in [2.75, 3.05) is 7.11 Å². The highest BCUT2D eigenvalue weighted by Gasteiger charge is 2.24. The van der Waals surface area contributed by atoms with Crippen LogP contribution < -0.4 is 10.5 Å². The summed E-state index contributed by atoms with van der Waals surface area (Å²) < 4.78 is 5.51. The monoisotopic (exact) mass is 235 g/mol. The van der Waals surface area contributed by atoms with Crippen molar-refractivity contribution < 1.29 is 4.74 Å². The molecule has 0 atom stereocenters. The average molecular weight is 235 g/mol. The number of nitrogens with two attached hydrogens (primary N) is 1. The molecule has 2 nitrogen and oxygen atoms in total. The molecule has 2 heteroatoms. The Morgan fingerprint density at radius 2 is 1.53 bits per heavy atom. The second kappa shape index (κ2) is 4.34. The van der Waals surface area contributed by atoms with Crippen LogP contribution in [0, 0.1) is 6.92 Å². The first-order valence-electron chi connectivity index (χ1n) is 6.06. The van der Waals surface area contributed by atoms with Crippen molar-refractivity contribution in [2.24, 2.45) is 5.73 Å². The number of rotatable bonds is 2. The normalized spacial score (nSPS) is 12.7. The summed E-state index contributed by atoms with van der Waals surface area (Å²) in [6, 6.07) is 4.28. The first-order chi connectivity index (χ1) is 7.57. The van der Waals surface area contributed by atoms with E-state index in [0.29, 0.717) is 0 Å². The fraction of sp³-hybridized carbons (Fsp3) is 0.600. The minimum absolute atomic E-state index is 0.0768. The molecule has 0 fully saturated rings. The molecule has 0 saturated heterocycles. The van der Waals surface area contributed by atoms with E-state index in [1.54, 1.807) is 7.11 Å². The maximum absolute atomic E-state index is 6.18. The summed E-state index contributed by atoms with van der Waals surface area (Å²) in [4.78, 5) is 0. The van der Waals surface area contributed by atoms with E-state index >= 15 is 0 Å². The molecule has 0 unspecified atom stereocenters. The van der Waals surface area contributed by atoms with Gasteiger partial charge in [-0.05, 0) is 48.9 Å². The van der Waals surface area contributed by atoms with E-state index < -0.39 is 0 Å². The molecule has 0 spiro atoms. The Morgan fingerprint density at radius 1 is 1.00 bits per heavy atom. The van der Waals surface area contributed by atoms with E-state index in [2.05, 4.69) is 39.8 Å². The second-order valence-corrected chi connectivity index (χ2v) is 6.34. The lowest BCUT2D eigenvalue weighted by Crippen LogP contribution is -2.30. The summed E-state index contributed by atoms with van der Waals surface area (Å²) in [5, 5.41) is 0. The highest BCUT2D eigenvalue weighted by atomic mass is 16.5. The van der Waals surface area contributed by atoms with Gasteiger partial charge in [-0.3, -0.25) is 0 Å². The molecule has 0 aromatic heterocycles. The molecule has 0 aliphatic heterocycles. The summed E-state index contributed by atoms with van der Waals surface area (Å²) in [6.07, 6.45) is 0. The second-order valence-electron chi connectivity index (χ2n) is 6.34. The molecule has 0 aliphatic carbocycles. The smallest absolute Gasteiger partial charge is 0.122 e. The van der Waals surface area contributed by atoms with Gasteiger partial charge in [0, 0.05) is 5.54 Å². The van der Waals surface area contributed by atoms with Crippen molar-refractivity contribution >= 4 is 0 Å². The quantitative estimate of drug-likeness (QED) is 0.851. The van der Waals surface area contributed by atoms with Gasteiger partial charge >= 0.3 is 0 Å². The zero-order chi connectivity index (χ0) is 13.4. The van der Waals surface area contributed by atoms with E-state index in [1.807, 2.05) is 13.8 Å². The SMILES string of the molecule is COc1cc(C(C)(C)N)c(C)cc1C(C)(C)C. The third-order valence-corrected chi connectivity index (χ3v) is 3.05. The maximum Gasteiger partial charge on any atom is 0.122 e. The molecule has 1 aromatic rings. The summed E-state index contributed by atoms with van der Waals surface area (Å²) in [5.41, 5.74) is 9.52. The highest BCUT2D eigenvalue weighted by Crippen LogP contribution is 2.36. The Bertz CT molecular complexity index is 408. The molecule has 17 heavy (non-hydrogen) atoms. The number of methoxy groups -OCH3 is 1. The third-order valence-electron chi connectivity index (χ3n) is 3.05. The highest BCUT2D eigenvalue weighted by molar-refractivity contribution is 5.47. The van der Waals surface area contributed by atoms with Crippen LogP contribution in [0.1, 0.15) is 51.3 Å². The standard InChI is InChI=1S/C15H25NO/c1-10-8-12(14(2,3)4)13(17-7)9-11(10)15(5,6)16/h8-9H,16H2,1-7H3. The van der Waals surface area contributed by atoms with Gasteiger partial charge in [0.15, 0.2) is 0 Å². The molecular formula is C15H25NO. The Morgan fingerprint density at radius 3 is 1.88 bits per heavy atom. The predicted molar refractivity (Wildman–Crippen MR) is 73.6 cm³/mol. The van der Waals surface area contributed by atoms with Gasteiger partial charge in [-0.15, -0.1) is 0 Å². The Balaban J connectivity index is 3.46. The van der Waals surface area contributed by atoms with Crippen molar-refractivity contribution in [2.45, 2.75) is 52.5 Å². The molecule has 1 rings (SSSR count). The summed E-state index contributed by atoms with van der Waals surface area (Å²) in [6.45, 7) is 12.7. The van der Waals surface area contributed by atoms with E-state index in [0.717, 1.165) is 11.3 Å². The van der Waals surface area contributed by atoms with Gasteiger partial charge in [0.05, 0.1) is 7.11 Å². The van der Waals surface area contributed by atoms with Gasteiger partial charge in [0.1, 0.15) is 5.75 Å². The lowest BCUT2D eigenvalue weighted by atomic mass is 9.82. The van der Waals surface area contributed by atoms with Gasteiger partial charge in [-0.1, -0.05) is 26.8 Å². The zero-order valence-electron chi connectivity index (χ0n) is 12.1. The summed E-state index contributed by atoms with van der Waals surface area (Å²) >= 11 is 0. The number of ether oxygens (including phenoxy) is 1. The van der Waals surface area contributed by atoms with Crippen LogP contribution in [0.3, 0.4) is 0 Å². The fourth-order valence-electron chi connectivity index (χ4n) is 2.14. The number of hydrogen-bond donors (Lipinski definition) is 1. The van der Waals surface area contributed by atoms with Crippen molar-refractivity contribution in [3.63, 3.8) is 0 Å². The summed E-state index contributed by atoms with van der Waals surface area (Å²) in [7, 11) is 1.72. The Hall–Kier alpha value is -1.02. The molecule has 1 aromatic carbocycles. The molecule has 96 valence electrons. The molecule has 0 heterocycles. The molecule has 0 radical (unpaired) electrons. The largest absolute Gasteiger partial charge is 0.496 e. The maximum atomic E-state index is 6.18. The van der Waals surface area contributed by atoms with Gasteiger partial charge in [-0.25, -0.2) is 0 Å². The van der Waals surface area contributed by atoms with Crippen molar-refractivity contribution in [3.8, 4) is 5.75 Å². The molecular weight excluding hydrogens is 210 g/mol. The lowest BCUT2D eigenvalue weighted by molar-refractivity contribution is 0.394. The van der Waals surface area contributed by atoms with Gasteiger partial charge in [0.25, 0.3) is 0 Å². The zero-order valence-corrected chi connectivity index (χ0v) is 12.1. The topological polar surface area (TPSA) is 35.2 Å². The Labute approximate surface area is 105 Å². The van der Waals surface area contributed by atoms with E-state index in [-0.39, 0.29) is 11.0 Å². The van der Waals surface area contributed by atoms with Gasteiger partial charge < -0.3 is 10.5 Å². The van der Waals surface area contributed by atoms with Gasteiger partial charge in [-0.2, -0.15) is 0 Å². The van der Waals surface area contributed by atoms with Crippen LogP contribution in [-0.2, 0) is 11.0 Å². The fourth-order valence-corrected chi connectivity index (χ4v) is 2.14. The Kier molecular flexibility index (Phi) is 3.58. The number of aryl methyl sites for hydroxylation is 1. The van der Waals surface area contributed by atoms with Crippen LogP contribution in [0.15, 0.2) is 12.1 Å². The van der Waals surface area contributed by atoms with Gasteiger partial charge in [0.2, 0.25) is 0 Å². The van der Waals surface area contributed by atoms with Crippen LogP contribution in [0.25, 0.3) is 0 Å². The van der Waals surface area contributed by atoms with Crippen molar-refractivity contribution in [1.29, 1.82) is 0 Å². The minimum Gasteiger partial charge on any atom is -0.496 e. The molecule has 0 bridgehead atoms. The number of hydrogen-bond acceptors (Lipinski definition) is 2. The van der Waals surface area contributed by atoms with E-state index in [1.165, 1.54) is 11.1 Å². The number of benzene rings is 1.